The molecule has 0 saturated heterocycles. The number of carboxylic acid groups (broad SMARTS) is 1. The first kappa shape index (κ1) is 19.2. The van der Waals surface area contributed by atoms with E-state index in [1.165, 1.54) is 11.1 Å². The van der Waals surface area contributed by atoms with Crippen LogP contribution in [0.4, 0.5) is 0 Å². The standard InChI is InChI=1S/C24H31NO3/c1-23(2,3)25-21(26)20-10-9-19-18-8-5-14-13-15(22(27)28)6-7-16(14)17(18)11-12-24(19,20)4/h6-7,10,13,17-19H,5,8-9,11-12H2,1-4H3,(H,25,26)(H,27,28)/t17?,18?,19?,24-/m0/s1. The molecule has 4 atom stereocenters. The maximum Gasteiger partial charge on any atom is 0.335 e. The van der Waals surface area contributed by atoms with Gasteiger partial charge in [0.15, 0.2) is 0 Å². The Hall–Kier alpha value is -2.10. The number of carbonyl (C=O) groups excluding carboxylic acids is 1. The van der Waals surface area contributed by atoms with Crippen LogP contribution in [0.3, 0.4) is 0 Å². The van der Waals surface area contributed by atoms with E-state index >= 15 is 0 Å². The first-order valence-corrected chi connectivity index (χ1v) is 10.5. The first-order valence-electron chi connectivity index (χ1n) is 10.5. The molecule has 1 fully saturated rings. The molecule has 1 amide bonds. The molecule has 0 heterocycles. The van der Waals surface area contributed by atoms with Crippen molar-refractivity contribution < 1.29 is 14.7 Å². The highest BCUT2D eigenvalue weighted by Crippen LogP contribution is 2.61. The lowest BCUT2D eigenvalue weighted by Gasteiger charge is -2.50. The molecule has 2 N–H and O–H groups in total. The zero-order valence-electron chi connectivity index (χ0n) is 17.3. The van der Waals surface area contributed by atoms with Crippen molar-refractivity contribution in [2.45, 2.75) is 71.3 Å². The van der Waals surface area contributed by atoms with Crippen molar-refractivity contribution in [2.24, 2.45) is 17.3 Å². The molecule has 3 unspecified atom stereocenters. The smallest absolute Gasteiger partial charge is 0.335 e. The molecule has 4 heteroatoms. The van der Waals surface area contributed by atoms with Crippen molar-refractivity contribution in [2.75, 3.05) is 0 Å². The Morgan fingerprint density at radius 3 is 2.64 bits per heavy atom. The van der Waals surface area contributed by atoms with Crippen LogP contribution in [-0.4, -0.2) is 22.5 Å². The SMILES string of the molecule is CC(C)(C)NC(=O)C1=CCC2C3CCc4cc(C(=O)O)ccc4C3CC[C@]12C. The van der Waals surface area contributed by atoms with E-state index in [0.29, 0.717) is 23.3 Å². The van der Waals surface area contributed by atoms with Gasteiger partial charge in [0.2, 0.25) is 5.91 Å². The highest BCUT2D eigenvalue weighted by atomic mass is 16.4. The third-order valence-corrected chi connectivity index (χ3v) is 7.29. The quantitative estimate of drug-likeness (QED) is 0.781. The minimum absolute atomic E-state index is 0.0466. The monoisotopic (exact) mass is 381 g/mol. The number of nitrogens with one attached hydrogen (secondary N) is 1. The lowest BCUT2D eigenvalue weighted by molar-refractivity contribution is -0.120. The molecular weight excluding hydrogens is 350 g/mol. The van der Waals surface area contributed by atoms with E-state index in [2.05, 4.69) is 18.3 Å². The summed E-state index contributed by atoms with van der Waals surface area (Å²) < 4.78 is 0. The molecule has 0 bridgehead atoms. The number of aromatic carboxylic acids is 1. The number of hydrogen-bond donors (Lipinski definition) is 2. The summed E-state index contributed by atoms with van der Waals surface area (Å²) in [5.41, 5.74) is 3.65. The second-order valence-electron chi connectivity index (χ2n) is 10.1. The van der Waals surface area contributed by atoms with Crippen molar-refractivity contribution >= 4 is 11.9 Å². The molecule has 4 rings (SSSR count). The summed E-state index contributed by atoms with van der Waals surface area (Å²) in [6, 6.07) is 5.68. The van der Waals surface area contributed by atoms with Gasteiger partial charge in [0, 0.05) is 16.5 Å². The van der Waals surface area contributed by atoms with Crippen molar-refractivity contribution in [3.05, 3.63) is 46.5 Å². The molecule has 3 aliphatic carbocycles. The number of carboxylic acids is 1. The zero-order chi connectivity index (χ0) is 20.3. The normalized spacial score (nSPS) is 31.3. The molecule has 0 radical (unpaired) electrons. The Kier molecular flexibility index (Phi) is 4.44. The number of benzene rings is 1. The number of fused-ring (bicyclic) bond motifs is 5. The second-order valence-corrected chi connectivity index (χ2v) is 10.1. The zero-order valence-corrected chi connectivity index (χ0v) is 17.3. The first-order chi connectivity index (χ1) is 13.1. The van der Waals surface area contributed by atoms with Gasteiger partial charge in [-0.1, -0.05) is 19.1 Å². The van der Waals surface area contributed by atoms with Gasteiger partial charge in [-0.15, -0.1) is 0 Å². The lowest BCUT2D eigenvalue weighted by atomic mass is 9.54. The third kappa shape index (κ3) is 3.07. The van der Waals surface area contributed by atoms with Gasteiger partial charge in [0.1, 0.15) is 0 Å². The Labute approximate surface area is 167 Å². The van der Waals surface area contributed by atoms with Crippen molar-refractivity contribution in [1.29, 1.82) is 0 Å². The maximum atomic E-state index is 12.9. The number of carbonyl (C=O) groups is 2. The molecule has 0 spiro atoms. The highest BCUT2D eigenvalue weighted by Gasteiger charge is 2.53. The van der Waals surface area contributed by atoms with Crippen molar-refractivity contribution in [1.82, 2.24) is 5.32 Å². The van der Waals surface area contributed by atoms with Gasteiger partial charge in [0.05, 0.1) is 5.56 Å². The Morgan fingerprint density at radius 1 is 1.21 bits per heavy atom. The van der Waals surface area contributed by atoms with Crippen LogP contribution in [0.5, 0.6) is 0 Å². The van der Waals surface area contributed by atoms with Gasteiger partial charge in [-0.2, -0.15) is 0 Å². The summed E-state index contributed by atoms with van der Waals surface area (Å²) in [6.07, 6.45) is 7.28. The van der Waals surface area contributed by atoms with Crippen LogP contribution in [0, 0.1) is 17.3 Å². The predicted octanol–water partition coefficient (Wildman–Crippen LogP) is 4.69. The molecule has 150 valence electrons. The number of rotatable bonds is 2. The molecule has 1 saturated carbocycles. The van der Waals surface area contributed by atoms with Crippen LogP contribution in [0.15, 0.2) is 29.8 Å². The van der Waals surface area contributed by atoms with Crippen LogP contribution in [0.2, 0.25) is 0 Å². The van der Waals surface area contributed by atoms with Gasteiger partial charge < -0.3 is 10.4 Å². The van der Waals surface area contributed by atoms with E-state index in [1.54, 1.807) is 6.07 Å². The summed E-state index contributed by atoms with van der Waals surface area (Å²) in [5, 5.41) is 12.5. The number of allylic oxidation sites excluding steroid dienone is 1. The van der Waals surface area contributed by atoms with Gasteiger partial charge >= 0.3 is 5.97 Å². The molecule has 0 aliphatic heterocycles. The maximum absolute atomic E-state index is 12.9. The fourth-order valence-electron chi connectivity index (χ4n) is 6.04. The molecular formula is C24H31NO3. The Morgan fingerprint density at radius 2 is 1.96 bits per heavy atom. The van der Waals surface area contributed by atoms with E-state index in [9.17, 15) is 14.7 Å². The van der Waals surface area contributed by atoms with E-state index < -0.39 is 5.97 Å². The molecule has 0 aromatic heterocycles. The van der Waals surface area contributed by atoms with Gasteiger partial charge in [-0.05, 0) is 93.9 Å². The Balaban J connectivity index is 1.59. The van der Waals surface area contributed by atoms with Gasteiger partial charge in [-0.3, -0.25) is 4.79 Å². The highest BCUT2D eigenvalue weighted by molar-refractivity contribution is 5.95. The van der Waals surface area contributed by atoms with Crippen LogP contribution in [0.25, 0.3) is 0 Å². The van der Waals surface area contributed by atoms with E-state index in [1.807, 2.05) is 32.9 Å². The van der Waals surface area contributed by atoms with Crippen LogP contribution >= 0.6 is 0 Å². The van der Waals surface area contributed by atoms with E-state index in [-0.39, 0.29) is 16.9 Å². The molecule has 1 aromatic rings. The number of hydrogen-bond acceptors (Lipinski definition) is 2. The van der Waals surface area contributed by atoms with Crippen molar-refractivity contribution in [3.63, 3.8) is 0 Å². The van der Waals surface area contributed by atoms with Crippen LogP contribution < -0.4 is 5.32 Å². The second kappa shape index (κ2) is 6.47. The van der Waals surface area contributed by atoms with E-state index in [0.717, 1.165) is 37.7 Å². The minimum atomic E-state index is -0.851. The Bertz CT molecular complexity index is 863. The fourth-order valence-corrected chi connectivity index (χ4v) is 6.04. The summed E-state index contributed by atoms with van der Waals surface area (Å²) in [7, 11) is 0. The average molecular weight is 382 g/mol. The van der Waals surface area contributed by atoms with Crippen molar-refractivity contribution in [3.8, 4) is 0 Å². The number of aryl methyl sites for hydroxylation is 1. The van der Waals surface area contributed by atoms with Gasteiger partial charge in [-0.25, -0.2) is 4.79 Å². The summed E-state index contributed by atoms with van der Waals surface area (Å²) in [5.74, 6) is 0.800. The molecule has 28 heavy (non-hydrogen) atoms. The van der Waals surface area contributed by atoms with E-state index in [4.69, 9.17) is 0 Å². The topological polar surface area (TPSA) is 66.4 Å². The molecule has 4 nitrogen and oxygen atoms in total. The summed E-state index contributed by atoms with van der Waals surface area (Å²) in [4.78, 5) is 24.3. The lowest BCUT2D eigenvalue weighted by Crippen LogP contribution is -2.47. The largest absolute Gasteiger partial charge is 0.478 e. The summed E-state index contributed by atoms with van der Waals surface area (Å²) in [6.45, 7) is 8.37. The summed E-state index contributed by atoms with van der Waals surface area (Å²) >= 11 is 0. The van der Waals surface area contributed by atoms with Crippen LogP contribution in [0.1, 0.15) is 80.8 Å². The van der Waals surface area contributed by atoms with Gasteiger partial charge in [0.25, 0.3) is 0 Å². The van der Waals surface area contributed by atoms with Crippen LogP contribution in [-0.2, 0) is 11.2 Å². The number of amides is 1. The molecule has 1 aromatic carbocycles. The predicted molar refractivity (Wildman–Crippen MR) is 109 cm³/mol. The third-order valence-electron chi connectivity index (χ3n) is 7.29. The molecule has 3 aliphatic rings. The average Bonchev–Trinajstić information content (AvgIpc) is 2.96. The fraction of sp³-hybridized carbons (Fsp3) is 0.583. The minimum Gasteiger partial charge on any atom is -0.478 e.